The van der Waals surface area contributed by atoms with E-state index in [1.807, 2.05) is 16.8 Å². The molecule has 1 amide bonds. The number of hydrogen-bond acceptors (Lipinski definition) is 6. The second kappa shape index (κ2) is 9.16. The van der Waals surface area contributed by atoms with Crippen LogP contribution in [0.4, 0.5) is 0 Å². The maximum Gasteiger partial charge on any atom is 0.307 e. The predicted octanol–water partition coefficient (Wildman–Crippen LogP) is 0.531. The van der Waals surface area contributed by atoms with Crippen LogP contribution in [0.25, 0.3) is 0 Å². The van der Waals surface area contributed by atoms with Crippen molar-refractivity contribution in [3.63, 3.8) is 0 Å². The summed E-state index contributed by atoms with van der Waals surface area (Å²) in [5.74, 6) is -2.17. The van der Waals surface area contributed by atoms with Gasteiger partial charge in [0.1, 0.15) is 0 Å². The Hall–Kier alpha value is -1.93. The standard InChI is InChI=1S/C14H20N2O5S/c1-21-13(19)6-10(3-2-9-4-5-22-8-9)16-14(20)11(15)7-12(17)18/h4-5,8,10-11H,2-3,6-7,15H2,1H3,(H,16,20)(H,17,18)/t10-,11?/m1/s1. The largest absolute Gasteiger partial charge is 0.481 e. The van der Waals surface area contributed by atoms with Crippen molar-refractivity contribution in [1.82, 2.24) is 5.32 Å². The number of carboxylic acids is 1. The van der Waals surface area contributed by atoms with Gasteiger partial charge in [-0.25, -0.2) is 0 Å². The molecule has 0 spiro atoms. The van der Waals surface area contributed by atoms with Crippen molar-refractivity contribution in [2.45, 2.75) is 37.8 Å². The quantitative estimate of drug-likeness (QED) is 0.569. The highest BCUT2D eigenvalue weighted by atomic mass is 32.1. The van der Waals surface area contributed by atoms with Gasteiger partial charge in [0.25, 0.3) is 0 Å². The summed E-state index contributed by atoms with van der Waals surface area (Å²) in [6, 6.07) is 0.385. The Morgan fingerprint density at radius 1 is 1.41 bits per heavy atom. The van der Waals surface area contributed by atoms with Crippen LogP contribution < -0.4 is 11.1 Å². The minimum absolute atomic E-state index is 0.0200. The second-order valence-electron chi connectivity index (χ2n) is 4.86. The van der Waals surface area contributed by atoms with Crippen molar-refractivity contribution in [2.75, 3.05) is 7.11 Å². The number of nitrogens with two attached hydrogens (primary N) is 1. The highest BCUT2D eigenvalue weighted by Gasteiger charge is 2.22. The van der Waals surface area contributed by atoms with E-state index >= 15 is 0 Å². The van der Waals surface area contributed by atoms with Gasteiger partial charge in [-0.15, -0.1) is 0 Å². The molecule has 0 aromatic carbocycles. The van der Waals surface area contributed by atoms with E-state index in [1.165, 1.54) is 7.11 Å². The zero-order valence-electron chi connectivity index (χ0n) is 12.3. The topological polar surface area (TPSA) is 119 Å². The highest BCUT2D eigenvalue weighted by molar-refractivity contribution is 7.07. The molecule has 7 nitrogen and oxygen atoms in total. The van der Waals surface area contributed by atoms with Crippen LogP contribution in [-0.2, 0) is 25.5 Å². The molecule has 1 heterocycles. The Balaban J connectivity index is 2.58. The Kier molecular flexibility index (Phi) is 7.55. The van der Waals surface area contributed by atoms with Crippen LogP contribution >= 0.6 is 11.3 Å². The first kappa shape index (κ1) is 18.1. The van der Waals surface area contributed by atoms with E-state index in [4.69, 9.17) is 10.8 Å². The normalized spacial score (nSPS) is 13.2. The molecule has 1 aromatic rings. The van der Waals surface area contributed by atoms with E-state index in [9.17, 15) is 14.4 Å². The predicted molar refractivity (Wildman–Crippen MR) is 81.4 cm³/mol. The summed E-state index contributed by atoms with van der Waals surface area (Å²) in [4.78, 5) is 33.9. The van der Waals surface area contributed by atoms with Gasteiger partial charge in [-0.2, -0.15) is 11.3 Å². The van der Waals surface area contributed by atoms with Crippen molar-refractivity contribution in [2.24, 2.45) is 5.73 Å². The van der Waals surface area contributed by atoms with Gasteiger partial charge in [-0.05, 0) is 35.2 Å². The average molecular weight is 328 g/mol. The molecule has 0 saturated heterocycles. The Morgan fingerprint density at radius 3 is 2.68 bits per heavy atom. The summed E-state index contributed by atoms with van der Waals surface area (Å²) in [6.45, 7) is 0. The molecule has 0 aliphatic heterocycles. The summed E-state index contributed by atoms with van der Waals surface area (Å²) >= 11 is 1.57. The van der Waals surface area contributed by atoms with Gasteiger partial charge in [0, 0.05) is 6.04 Å². The van der Waals surface area contributed by atoms with Gasteiger partial charge in [-0.3, -0.25) is 14.4 Å². The molecule has 1 unspecified atom stereocenters. The number of amides is 1. The molecule has 4 N–H and O–H groups in total. The Labute approximate surface area is 132 Å². The van der Waals surface area contributed by atoms with Crippen molar-refractivity contribution < 1.29 is 24.2 Å². The minimum atomic E-state index is -1.15. The Bertz CT molecular complexity index is 503. The monoisotopic (exact) mass is 328 g/mol. The molecule has 0 saturated carbocycles. The van der Waals surface area contributed by atoms with Crippen LogP contribution in [0.2, 0.25) is 0 Å². The van der Waals surface area contributed by atoms with Crippen LogP contribution in [-0.4, -0.2) is 42.1 Å². The van der Waals surface area contributed by atoms with E-state index in [2.05, 4.69) is 10.1 Å². The minimum Gasteiger partial charge on any atom is -0.481 e. The summed E-state index contributed by atoms with van der Waals surface area (Å²) in [6.07, 6.45) is 0.796. The number of thiophene rings is 1. The Morgan fingerprint density at radius 2 is 2.14 bits per heavy atom. The zero-order valence-corrected chi connectivity index (χ0v) is 13.1. The number of esters is 1. The molecule has 0 fully saturated rings. The van der Waals surface area contributed by atoms with Gasteiger partial charge < -0.3 is 20.9 Å². The van der Waals surface area contributed by atoms with Crippen molar-refractivity contribution in [3.8, 4) is 0 Å². The van der Waals surface area contributed by atoms with Crippen molar-refractivity contribution in [3.05, 3.63) is 22.4 Å². The van der Waals surface area contributed by atoms with Gasteiger partial charge in [0.2, 0.25) is 5.91 Å². The first-order valence-corrected chi connectivity index (χ1v) is 7.72. The maximum absolute atomic E-state index is 11.9. The molecule has 0 bridgehead atoms. The number of carbonyl (C=O) groups excluding carboxylic acids is 2. The van der Waals surface area contributed by atoms with Gasteiger partial charge >= 0.3 is 11.9 Å². The van der Waals surface area contributed by atoms with Crippen LogP contribution in [0.3, 0.4) is 0 Å². The van der Waals surface area contributed by atoms with Crippen LogP contribution in [0.1, 0.15) is 24.8 Å². The lowest BCUT2D eigenvalue weighted by Crippen LogP contribution is -2.47. The molecule has 2 atom stereocenters. The molecule has 0 radical (unpaired) electrons. The van der Waals surface area contributed by atoms with Crippen LogP contribution in [0.15, 0.2) is 16.8 Å². The summed E-state index contributed by atoms with van der Waals surface area (Å²) in [5.41, 5.74) is 6.63. The van der Waals surface area contributed by atoms with E-state index in [0.29, 0.717) is 12.8 Å². The number of hydrogen-bond donors (Lipinski definition) is 3. The molecule has 0 aliphatic carbocycles. The van der Waals surface area contributed by atoms with E-state index in [1.54, 1.807) is 11.3 Å². The maximum atomic E-state index is 11.9. The lowest BCUT2D eigenvalue weighted by atomic mass is 10.0. The molecule has 1 rings (SSSR count). The molecule has 0 aliphatic rings. The molecule has 1 aromatic heterocycles. The van der Waals surface area contributed by atoms with E-state index in [0.717, 1.165) is 5.56 Å². The number of ether oxygens (including phenoxy) is 1. The molecule has 22 heavy (non-hydrogen) atoms. The van der Waals surface area contributed by atoms with Crippen LogP contribution in [0.5, 0.6) is 0 Å². The summed E-state index contributed by atoms with van der Waals surface area (Å²) in [5, 5.41) is 15.2. The molecular formula is C14H20N2O5S. The van der Waals surface area contributed by atoms with Crippen molar-refractivity contribution in [1.29, 1.82) is 0 Å². The number of carboxylic acid groups (broad SMARTS) is 1. The molecule has 122 valence electrons. The molecule has 8 heteroatoms. The first-order chi connectivity index (χ1) is 10.4. The smallest absolute Gasteiger partial charge is 0.307 e. The van der Waals surface area contributed by atoms with E-state index in [-0.39, 0.29) is 6.42 Å². The second-order valence-corrected chi connectivity index (χ2v) is 5.64. The number of methoxy groups -OCH3 is 1. The highest BCUT2D eigenvalue weighted by Crippen LogP contribution is 2.12. The van der Waals surface area contributed by atoms with Gasteiger partial charge in [-0.1, -0.05) is 0 Å². The molecular weight excluding hydrogens is 308 g/mol. The zero-order chi connectivity index (χ0) is 16.5. The summed E-state index contributed by atoms with van der Waals surface area (Å²) in [7, 11) is 1.27. The van der Waals surface area contributed by atoms with Gasteiger partial charge in [0.05, 0.1) is 26.0 Å². The number of aryl methyl sites for hydroxylation is 1. The number of aliphatic carboxylic acids is 1. The summed E-state index contributed by atoms with van der Waals surface area (Å²) < 4.78 is 4.61. The van der Waals surface area contributed by atoms with Crippen LogP contribution in [0, 0.1) is 0 Å². The third-order valence-corrected chi connectivity index (χ3v) is 3.81. The number of carbonyl (C=O) groups is 3. The third kappa shape index (κ3) is 6.68. The third-order valence-electron chi connectivity index (χ3n) is 3.08. The van der Waals surface area contributed by atoms with Crippen molar-refractivity contribution >= 4 is 29.2 Å². The van der Waals surface area contributed by atoms with Gasteiger partial charge in [0.15, 0.2) is 0 Å². The van der Waals surface area contributed by atoms with E-state index < -0.39 is 36.4 Å². The fourth-order valence-electron chi connectivity index (χ4n) is 1.87. The lowest BCUT2D eigenvalue weighted by molar-refractivity contribution is -0.142. The average Bonchev–Trinajstić information content (AvgIpc) is 2.96. The number of nitrogens with one attached hydrogen (secondary N) is 1. The first-order valence-electron chi connectivity index (χ1n) is 6.78. The fourth-order valence-corrected chi connectivity index (χ4v) is 2.58. The lowest BCUT2D eigenvalue weighted by Gasteiger charge is -2.19. The fraction of sp³-hybridized carbons (Fsp3) is 0.500. The SMILES string of the molecule is COC(=O)C[C@@H](CCc1ccsc1)NC(=O)C(N)CC(=O)O. The number of rotatable bonds is 9.